The topological polar surface area (TPSA) is 49.4 Å². The molecule has 0 radical (unpaired) electrons. The van der Waals surface area contributed by atoms with E-state index in [0.717, 1.165) is 17.5 Å². The molecule has 1 aliphatic heterocycles. The van der Waals surface area contributed by atoms with Crippen molar-refractivity contribution in [1.82, 2.24) is 10.2 Å². The highest BCUT2D eigenvalue weighted by molar-refractivity contribution is 6.04. The molecule has 1 aromatic carbocycles. The lowest BCUT2D eigenvalue weighted by Gasteiger charge is -2.13. The molecule has 2 rings (SSSR count). The van der Waals surface area contributed by atoms with Crippen LogP contribution in [0.15, 0.2) is 24.3 Å². The number of amides is 3. The van der Waals surface area contributed by atoms with Crippen molar-refractivity contribution in [2.24, 2.45) is 0 Å². The van der Waals surface area contributed by atoms with Gasteiger partial charge in [0, 0.05) is 0 Å². The van der Waals surface area contributed by atoms with E-state index in [1.807, 2.05) is 38.1 Å². The second-order valence-corrected chi connectivity index (χ2v) is 4.70. The lowest BCUT2D eigenvalue weighted by atomic mass is 10.1. The van der Waals surface area contributed by atoms with Crippen molar-refractivity contribution >= 4 is 11.9 Å². The van der Waals surface area contributed by atoms with E-state index in [1.54, 1.807) is 0 Å². The summed E-state index contributed by atoms with van der Waals surface area (Å²) in [6, 6.07) is 7.24. The predicted octanol–water partition coefficient (Wildman–Crippen LogP) is 2.22. The molecule has 1 unspecified atom stereocenters. The molecule has 0 saturated carbocycles. The first-order valence-electron chi connectivity index (χ1n) is 6.29. The van der Waals surface area contributed by atoms with Crippen LogP contribution in [0.25, 0.3) is 0 Å². The number of nitrogens with one attached hydrogen (secondary N) is 1. The molecule has 96 valence electrons. The van der Waals surface area contributed by atoms with E-state index in [0.29, 0.717) is 13.0 Å². The third kappa shape index (κ3) is 2.53. The van der Waals surface area contributed by atoms with Crippen LogP contribution in [-0.4, -0.2) is 22.9 Å². The SMILES string of the molecule is CCCC1NC(=O)N(Cc2cccc(C)c2)C1=O. The molecular weight excluding hydrogens is 228 g/mol. The van der Waals surface area contributed by atoms with Crippen LogP contribution >= 0.6 is 0 Å². The standard InChI is InChI=1S/C14H18N2O2/c1-3-5-12-13(17)16(14(18)15-12)9-11-7-4-6-10(2)8-11/h4,6-8,12H,3,5,9H2,1-2H3,(H,15,18). The van der Waals surface area contributed by atoms with Gasteiger partial charge in [0.05, 0.1) is 6.54 Å². The summed E-state index contributed by atoms with van der Waals surface area (Å²) < 4.78 is 0. The summed E-state index contributed by atoms with van der Waals surface area (Å²) in [7, 11) is 0. The third-order valence-electron chi connectivity index (χ3n) is 3.11. The minimum absolute atomic E-state index is 0.108. The molecule has 4 nitrogen and oxygen atoms in total. The summed E-state index contributed by atoms with van der Waals surface area (Å²) in [6.07, 6.45) is 1.59. The van der Waals surface area contributed by atoms with Crippen LogP contribution in [0.5, 0.6) is 0 Å². The molecule has 1 saturated heterocycles. The molecule has 3 amide bonds. The van der Waals surface area contributed by atoms with Crippen LogP contribution in [0, 0.1) is 6.92 Å². The summed E-state index contributed by atoms with van der Waals surface area (Å²) in [5.41, 5.74) is 2.11. The van der Waals surface area contributed by atoms with E-state index in [-0.39, 0.29) is 18.0 Å². The Morgan fingerprint density at radius 2 is 2.11 bits per heavy atom. The van der Waals surface area contributed by atoms with Crippen molar-refractivity contribution in [3.05, 3.63) is 35.4 Å². The van der Waals surface area contributed by atoms with Gasteiger partial charge in [-0.05, 0) is 18.9 Å². The monoisotopic (exact) mass is 246 g/mol. The Morgan fingerprint density at radius 3 is 2.78 bits per heavy atom. The van der Waals surface area contributed by atoms with E-state index in [4.69, 9.17) is 0 Å². The summed E-state index contributed by atoms with van der Waals surface area (Å²) in [5.74, 6) is -0.108. The number of aryl methyl sites for hydroxylation is 1. The zero-order valence-electron chi connectivity index (χ0n) is 10.8. The second-order valence-electron chi connectivity index (χ2n) is 4.70. The summed E-state index contributed by atoms with van der Waals surface area (Å²) in [4.78, 5) is 25.1. The Labute approximate surface area is 107 Å². The number of carbonyl (C=O) groups is 2. The molecule has 1 atom stereocenters. The van der Waals surface area contributed by atoms with Crippen molar-refractivity contribution in [1.29, 1.82) is 0 Å². The molecule has 1 N–H and O–H groups in total. The zero-order valence-corrected chi connectivity index (χ0v) is 10.8. The van der Waals surface area contributed by atoms with Crippen molar-refractivity contribution < 1.29 is 9.59 Å². The van der Waals surface area contributed by atoms with Gasteiger partial charge in [-0.1, -0.05) is 43.2 Å². The van der Waals surface area contributed by atoms with Gasteiger partial charge in [0.25, 0.3) is 5.91 Å². The number of benzene rings is 1. The van der Waals surface area contributed by atoms with Crippen LogP contribution in [0.4, 0.5) is 4.79 Å². The minimum atomic E-state index is -0.340. The van der Waals surface area contributed by atoms with Gasteiger partial charge >= 0.3 is 6.03 Å². The van der Waals surface area contributed by atoms with Gasteiger partial charge in [-0.3, -0.25) is 9.69 Å². The number of hydrogen-bond acceptors (Lipinski definition) is 2. The van der Waals surface area contributed by atoms with Gasteiger partial charge < -0.3 is 5.32 Å². The highest BCUT2D eigenvalue weighted by Crippen LogP contribution is 2.15. The number of urea groups is 1. The normalized spacial score (nSPS) is 19.2. The van der Waals surface area contributed by atoms with Crippen LogP contribution in [0.3, 0.4) is 0 Å². The highest BCUT2D eigenvalue weighted by atomic mass is 16.2. The largest absolute Gasteiger partial charge is 0.326 e. The van der Waals surface area contributed by atoms with Gasteiger partial charge in [-0.15, -0.1) is 0 Å². The molecule has 18 heavy (non-hydrogen) atoms. The first-order valence-corrected chi connectivity index (χ1v) is 6.29. The Balaban J connectivity index is 2.10. The molecule has 0 spiro atoms. The Morgan fingerprint density at radius 1 is 1.33 bits per heavy atom. The number of hydrogen-bond donors (Lipinski definition) is 1. The average molecular weight is 246 g/mol. The summed E-state index contributed by atoms with van der Waals surface area (Å²) >= 11 is 0. The quantitative estimate of drug-likeness (QED) is 0.828. The Kier molecular flexibility index (Phi) is 3.65. The second kappa shape index (κ2) is 5.21. The predicted molar refractivity (Wildman–Crippen MR) is 69.0 cm³/mol. The molecule has 1 fully saturated rings. The van der Waals surface area contributed by atoms with Crippen LogP contribution in [0.2, 0.25) is 0 Å². The molecule has 0 bridgehead atoms. The zero-order chi connectivity index (χ0) is 13.1. The smallest absolute Gasteiger partial charge is 0.325 e. The number of rotatable bonds is 4. The molecule has 0 aromatic heterocycles. The fraction of sp³-hybridized carbons (Fsp3) is 0.429. The van der Waals surface area contributed by atoms with E-state index >= 15 is 0 Å². The number of imide groups is 1. The van der Waals surface area contributed by atoms with Gasteiger partial charge in [-0.2, -0.15) is 0 Å². The highest BCUT2D eigenvalue weighted by Gasteiger charge is 2.36. The first kappa shape index (κ1) is 12.6. The maximum atomic E-state index is 12.0. The molecule has 0 aliphatic carbocycles. The molecule has 1 heterocycles. The first-order chi connectivity index (χ1) is 8.61. The fourth-order valence-corrected chi connectivity index (χ4v) is 2.20. The van der Waals surface area contributed by atoms with Crippen molar-refractivity contribution in [3.63, 3.8) is 0 Å². The van der Waals surface area contributed by atoms with Crippen LogP contribution in [-0.2, 0) is 11.3 Å². The van der Waals surface area contributed by atoms with Crippen molar-refractivity contribution in [3.8, 4) is 0 Å². The Hall–Kier alpha value is -1.84. The van der Waals surface area contributed by atoms with Crippen LogP contribution < -0.4 is 5.32 Å². The fourth-order valence-electron chi connectivity index (χ4n) is 2.20. The van der Waals surface area contributed by atoms with E-state index in [2.05, 4.69) is 5.32 Å². The van der Waals surface area contributed by atoms with Gasteiger partial charge in [0.1, 0.15) is 6.04 Å². The van der Waals surface area contributed by atoms with E-state index in [9.17, 15) is 9.59 Å². The summed E-state index contributed by atoms with van der Waals surface area (Å²) in [5, 5.41) is 2.73. The van der Waals surface area contributed by atoms with Crippen molar-refractivity contribution in [2.45, 2.75) is 39.3 Å². The lowest BCUT2D eigenvalue weighted by Crippen LogP contribution is -2.30. The maximum Gasteiger partial charge on any atom is 0.325 e. The molecular formula is C14H18N2O2. The van der Waals surface area contributed by atoms with Gasteiger partial charge in [0.2, 0.25) is 0 Å². The molecule has 4 heteroatoms. The number of carbonyl (C=O) groups excluding carboxylic acids is 2. The minimum Gasteiger partial charge on any atom is -0.326 e. The van der Waals surface area contributed by atoms with Gasteiger partial charge in [0.15, 0.2) is 0 Å². The van der Waals surface area contributed by atoms with Crippen molar-refractivity contribution in [2.75, 3.05) is 0 Å². The number of nitrogens with zero attached hydrogens (tertiary/aromatic N) is 1. The Bertz CT molecular complexity index is 471. The summed E-state index contributed by atoms with van der Waals surface area (Å²) in [6.45, 7) is 4.35. The van der Waals surface area contributed by atoms with E-state index < -0.39 is 0 Å². The third-order valence-corrected chi connectivity index (χ3v) is 3.11. The maximum absolute atomic E-state index is 12.0. The van der Waals surface area contributed by atoms with Crippen LogP contribution in [0.1, 0.15) is 30.9 Å². The lowest BCUT2D eigenvalue weighted by molar-refractivity contribution is -0.128. The van der Waals surface area contributed by atoms with E-state index in [1.165, 1.54) is 4.90 Å². The molecule has 1 aliphatic rings. The van der Waals surface area contributed by atoms with Gasteiger partial charge in [-0.25, -0.2) is 4.79 Å². The average Bonchev–Trinajstić information content (AvgIpc) is 2.58. The molecule has 1 aromatic rings.